The third kappa shape index (κ3) is 2.81. The summed E-state index contributed by atoms with van der Waals surface area (Å²) in [6, 6.07) is 4.63. The molecule has 0 radical (unpaired) electrons. The number of nitrogens with one attached hydrogen (secondary N) is 1. The minimum absolute atomic E-state index is 0.117. The molecule has 0 fully saturated rings. The van der Waals surface area contributed by atoms with Crippen molar-refractivity contribution in [1.29, 1.82) is 0 Å². The second-order valence-electron chi connectivity index (χ2n) is 4.29. The van der Waals surface area contributed by atoms with Crippen LogP contribution in [0, 0.1) is 5.82 Å². The quantitative estimate of drug-likeness (QED) is 0.906. The van der Waals surface area contributed by atoms with Crippen molar-refractivity contribution >= 4 is 23.1 Å². The molecule has 4 nitrogen and oxygen atoms in total. The summed E-state index contributed by atoms with van der Waals surface area (Å²) in [5.41, 5.74) is 8.39. The SMILES string of the molecule is CCc1nn(C)c(NCc2ccc(F)c(Cl)c2)c1N. The van der Waals surface area contributed by atoms with Gasteiger partial charge in [-0.15, -0.1) is 0 Å². The molecule has 0 spiro atoms. The van der Waals surface area contributed by atoms with Crippen LogP contribution >= 0.6 is 11.6 Å². The molecule has 0 aliphatic heterocycles. The lowest BCUT2D eigenvalue weighted by Gasteiger charge is -2.08. The average Bonchev–Trinajstić information content (AvgIpc) is 2.66. The first kappa shape index (κ1) is 13.7. The van der Waals surface area contributed by atoms with Gasteiger partial charge in [0.2, 0.25) is 0 Å². The van der Waals surface area contributed by atoms with E-state index in [1.165, 1.54) is 6.07 Å². The number of nitrogen functional groups attached to an aromatic ring is 1. The molecule has 102 valence electrons. The van der Waals surface area contributed by atoms with E-state index < -0.39 is 5.82 Å². The summed E-state index contributed by atoms with van der Waals surface area (Å²) in [6.07, 6.45) is 0.781. The first-order valence-corrected chi connectivity index (χ1v) is 6.39. The zero-order valence-corrected chi connectivity index (χ0v) is 11.6. The Balaban J connectivity index is 2.14. The number of rotatable bonds is 4. The summed E-state index contributed by atoms with van der Waals surface area (Å²) < 4.78 is 14.8. The second-order valence-corrected chi connectivity index (χ2v) is 4.70. The number of aromatic nitrogens is 2. The number of aryl methyl sites for hydroxylation is 2. The van der Waals surface area contributed by atoms with E-state index in [0.29, 0.717) is 12.2 Å². The molecule has 0 aliphatic rings. The van der Waals surface area contributed by atoms with Crippen LogP contribution < -0.4 is 11.1 Å². The zero-order chi connectivity index (χ0) is 14.0. The highest BCUT2D eigenvalue weighted by molar-refractivity contribution is 6.30. The largest absolute Gasteiger partial charge is 0.394 e. The molecule has 0 aliphatic carbocycles. The molecule has 0 amide bonds. The van der Waals surface area contributed by atoms with Crippen molar-refractivity contribution in [2.45, 2.75) is 19.9 Å². The molecule has 0 saturated heterocycles. The fourth-order valence-electron chi connectivity index (χ4n) is 1.90. The molecule has 0 atom stereocenters. The van der Waals surface area contributed by atoms with E-state index in [-0.39, 0.29) is 5.02 Å². The predicted octanol–water partition coefficient (Wildman–Crippen LogP) is 2.97. The van der Waals surface area contributed by atoms with Crippen LogP contribution in [0.15, 0.2) is 18.2 Å². The Labute approximate surface area is 116 Å². The van der Waals surface area contributed by atoms with Crippen molar-refractivity contribution in [3.8, 4) is 0 Å². The molecule has 0 saturated carbocycles. The molecule has 1 aromatic carbocycles. The smallest absolute Gasteiger partial charge is 0.148 e. The van der Waals surface area contributed by atoms with Gasteiger partial charge in [-0.25, -0.2) is 4.39 Å². The van der Waals surface area contributed by atoms with Gasteiger partial charge in [0.1, 0.15) is 11.6 Å². The molecule has 0 bridgehead atoms. The van der Waals surface area contributed by atoms with Crippen molar-refractivity contribution in [2.24, 2.45) is 7.05 Å². The highest BCUT2D eigenvalue weighted by Gasteiger charge is 2.11. The standard InChI is InChI=1S/C13H16ClFN4/c1-3-11-12(16)13(19(2)18-11)17-7-8-4-5-10(15)9(14)6-8/h4-6,17H,3,7,16H2,1-2H3. The third-order valence-corrected chi connectivity index (χ3v) is 3.23. The van der Waals surface area contributed by atoms with Crippen LogP contribution in [0.3, 0.4) is 0 Å². The van der Waals surface area contributed by atoms with E-state index in [9.17, 15) is 4.39 Å². The van der Waals surface area contributed by atoms with E-state index in [1.807, 2.05) is 14.0 Å². The summed E-state index contributed by atoms with van der Waals surface area (Å²) >= 11 is 5.74. The molecular formula is C13H16ClFN4. The van der Waals surface area contributed by atoms with Gasteiger partial charge in [-0.1, -0.05) is 24.6 Å². The highest BCUT2D eigenvalue weighted by Crippen LogP contribution is 2.23. The van der Waals surface area contributed by atoms with Crippen LogP contribution in [0.25, 0.3) is 0 Å². The lowest BCUT2D eigenvalue weighted by atomic mass is 10.2. The van der Waals surface area contributed by atoms with Gasteiger partial charge in [0.15, 0.2) is 0 Å². The molecule has 3 N–H and O–H groups in total. The first-order valence-electron chi connectivity index (χ1n) is 6.02. The number of nitrogens with two attached hydrogens (primary N) is 1. The van der Waals surface area contributed by atoms with Crippen LogP contribution in [0.1, 0.15) is 18.2 Å². The molecule has 19 heavy (non-hydrogen) atoms. The van der Waals surface area contributed by atoms with E-state index in [0.717, 1.165) is 23.5 Å². The van der Waals surface area contributed by atoms with Crippen molar-refractivity contribution < 1.29 is 4.39 Å². The van der Waals surface area contributed by atoms with Gasteiger partial charge in [0.05, 0.1) is 16.4 Å². The number of halogens is 2. The summed E-state index contributed by atoms with van der Waals surface area (Å²) in [6.45, 7) is 2.51. The third-order valence-electron chi connectivity index (χ3n) is 2.94. The van der Waals surface area contributed by atoms with E-state index in [2.05, 4.69) is 10.4 Å². The lowest BCUT2D eigenvalue weighted by molar-refractivity contribution is 0.627. The van der Waals surface area contributed by atoms with Gasteiger partial charge in [0.25, 0.3) is 0 Å². The molecule has 2 rings (SSSR count). The summed E-state index contributed by atoms with van der Waals surface area (Å²) in [5.74, 6) is 0.344. The van der Waals surface area contributed by atoms with Crippen LogP contribution in [-0.2, 0) is 20.0 Å². The molecule has 1 heterocycles. The number of benzene rings is 1. The Morgan fingerprint density at radius 2 is 2.21 bits per heavy atom. The summed E-state index contributed by atoms with van der Waals surface area (Å²) in [7, 11) is 1.83. The van der Waals surface area contributed by atoms with E-state index in [4.69, 9.17) is 17.3 Å². The molecular weight excluding hydrogens is 267 g/mol. The fourth-order valence-corrected chi connectivity index (χ4v) is 2.11. The Morgan fingerprint density at radius 1 is 1.47 bits per heavy atom. The summed E-state index contributed by atoms with van der Waals surface area (Å²) in [5, 5.41) is 7.63. The van der Waals surface area contributed by atoms with Gasteiger partial charge < -0.3 is 11.1 Å². The van der Waals surface area contributed by atoms with Crippen LogP contribution in [-0.4, -0.2) is 9.78 Å². The van der Waals surface area contributed by atoms with Gasteiger partial charge in [-0.3, -0.25) is 4.68 Å². The number of hydrogen-bond acceptors (Lipinski definition) is 3. The van der Waals surface area contributed by atoms with Crippen molar-refractivity contribution in [3.05, 3.63) is 40.3 Å². The number of nitrogens with zero attached hydrogens (tertiary/aromatic N) is 2. The van der Waals surface area contributed by atoms with Gasteiger partial charge >= 0.3 is 0 Å². The van der Waals surface area contributed by atoms with Crippen LogP contribution in [0.2, 0.25) is 5.02 Å². The maximum atomic E-state index is 13.1. The topological polar surface area (TPSA) is 55.9 Å². The molecule has 2 aromatic rings. The fraction of sp³-hybridized carbons (Fsp3) is 0.308. The van der Waals surface area contributed by atoms with Gasteiger partial charge in [0, 0.05) is 13.6 Å². The maximum Gasteiger partial charge on any atom is 0.148 e. The normalized spacial score (nSPS) is 10.7. The molecule has 6 heteroatoms. The second kappa shape index (κ2) is 5.48. The maximum absolute atomic E-state index is 13.1. The molecule has 0 unspecified atom stereocenters. The van der Waals surface area contributed by atoms with Crippen molar-refractivity contribution in [2.75, 3.05) is 11.1 Å². The Morgan fingerprint density at radius 3 is 2.79 bits per heavy atom. The van der Waals surface area contributed by atoms with Crippen LogP contribution in [0.5, 0.6) is 0 Å². The van der Waals surface area contributed by atoms with Crippen LogP contribution in [0.4, 0.5) is 15.9 Å². The predicted molar refractivity (Wildman–Crippen MR) is 75.7 cm³/mol. The van der Waals surface area contributed by atoms with E-state index >= 15 is 0 Å². The monoisotopic (exact) mass is 282 g/mol. The average molecular weight is 283 g/mol. The van der Waals surface area contributed by atoms with Crippen molar-refractivity contribution in [1.82, 2.24) is 9.78 Å². The number of anilines is 2. The number of hydrogen-bond donors (Lipinski definition) is 2. The molecule has 1 aromatic heterocycles. The highest BCUT2D eigenvalue weighted by atomic mass is 35.5. The Hall–Kier alpha value is -1.75. The van der Waals surface area contributed by atoms with Gasteiger partial charge in [-0.05, 0) is 24.1 Å². The van der Waals surface area contributed by atoms with Gasteiger partial charge in [-0.2, -0.15) is 5.10 Å². The van der Waals surface area contributed by atoms with Crippen molar-refractivity contribution in [3.63, 3.8) is 0 Å². The Kier molecular flexibility index (Phi) is 3.95. The minimum atomic E-state index is -0.418. The first-order chi connectivity index (χ1) is 9.02. The van der Waals surface area contributed by atoms with E-state index in [1.54, 1.807) is 16.8 Å². The zero-order valence-electron chi connectivity index (χ0n) is 10.9. The summed E-state index contributed by atoms with van der Waals surface area (Å²) in [4.78, 5) is 0. The lowest BCUT2D eigenvalue weighted by Crippen LogP contribution is -2.06. The minimum Gasteiger partial charge on any atom is -0.394 e. The Bertz CT molecular complexity index is 595.